The maximum absolute atomic E-state index is 13.6. The molecular formula is C11H15BrF2N2O2S. The molecule has 4 nitrogen and oxygen atoms in total. The average molecular weight is 357 g/mol. The van der Waals surface area contributed by atoms with Crippen molar-refractivity contribution in [3.05, 3.63) is 28.2 Å². The van der Waals surface area contributed by atoms with Crippen LogP contribution in [-0.2, 0) is 10.0 Å². The molecule has 1 atom stereocenters. The minimum atomic E-state index is -4.09. The number of sulfonamides is 1. The smallest absolute Gasteiger partial charge is 0.244 e. The molecule has 3 N–H and O–H groups in total. The second-order valence-corrected chi connectivity index (χ2v) is 7.02. The molecule has 108 valence electrons. The van der Waals surface area contributed by atoms with Gasteiger partial charge in [-0.15, -0.1) is 0 Å². The van der Waals surface area contributed by atoms with Crippen molar-refractivity contribution in [2.45, 2.75) is 24.8 Å². The predicted molar refractivity (Wildman–Crippen MR) is 72.1 cm³/mol. The first kappa shape index (κ1) is 16.5. The van der Waals surface area contributed by atoms with E-state index in [1.54, 1.807) is 0 Å². The summed E-state index contributed by atoms with van der Waals surface area (Å²) in [6, 6.07) is 1.01. The Morgan fingerprint density at radius 3 is 2.42 bits per heavy atom. The van der Waals surface area contributed by atoms with Gasteiger partial charge in [0.15, 0.2) is 0 Å². The lowest BCUT2D eigenvalue weighted by Gasteiger charge is -2.17. The summed E-state index contributed by atoms with van der Waals surface area (Å²) in [5.41, 5.74) is 5.71. The maximum atomic E-state index is 13.6. The summed E-state index contributed by atoms with van der Waals surface area (Å²) < 4.78 is 52.4. The molecule has 1 rings (SSSR count). The Morgan fingerprint density at radius 1 is 1.37 bits per heavy atom. The zero-order chi connectivity index (χ0) is 14.8. The van der Waals surface area contributed by atoms with Crippen molar-refractivity contribution in [1.82, 2.24) is 4.72 Å². The summed E-state index contributed by atoms with van der Waals surface area (Å²) in [6.07, 6.45) is 0. The van der Waals surface area contributed by atoms with Gasteiger partial charge >= 0.3 is 0 Å². The third kappa shape index (κ3) is 4.20. The van der Waals surface area contributed by atoms with Gasteiger partial charge in [0.2, 0.25) is 10.0 Å². The lowest BCUT2D eigenvalue weighted by molar-refractivity contribution is 0.479. The second-order valence-electron chi connectivity index (χ2n) is 4.46. The average Bonchev–Trinajstić information content (AvgIpc) is 2.23. The van der Waals surface area contributed by atoms with Crippen LogP contribution in [0.3, 0.4) is 0 Å². The molecule has 1 aromatic carbocycles. The molecule has 0 saturated heterocycles. The maximum Gasteiger partial charge on any atom is 0.244 e. The van der Waals surface area contributed by atoms with E-state index in [1.165, 1.54) is 0 Å². The van der Waals surface area contributed by atoms with Crippen LogP contribution in [0.2, 0.25) is 0 Å². The highest BCUT2D eigenvalue weighted by Gasteiger charge is 2.24. The molecule has 0 aliphatic carbocycles. The molecule has 1 unspecified atom stereocenters. The number of hydrogen-bond donors (Lipinski definition) is 2. The summed E-state index contributed by atoms with van der Waals surface area (Å²) >= 11 is 2.84. The van der Waals surface area contributed by atoms with E-state index in [9.17, 15) is 17.2 Å². The van der Waals surface area contributed by atoms with Crippen molar-refractivity contribution in [3.8, 4) is 0 Å². The third-order valence-corrected chi connectivity index (χ3v) is 4.98. The molecule has 0 saturated carbocycles. The quantitative estimate of drug-likeness (QED) is 0.847. The molecule has 0 aliphatic heterocycles. The Labute approximate surface area is 119 Å². The van der Waals surface area contributed by atoms with Crippen LogP contribution in [0.4, 0.5) is 8.78 Å². The van der Waals surface area contributed by atoms with Crippen LogP contribution in [0.5, 0.6) is 0 Å². The van der Waals surface area contributed by atoms with Gasteiger partial charge < -0.3 is 5.73 Å². The number of nitrogens with one attached hydrogen (secondary N) is 1. The fourth-order valence-corrected chi connectivity index (χ4v) is 3.53. The van der Waals surface area contributed by atoms with Gasteiger partial charge in [-0.05, 0) is 27.9 Å². The molecule has 8 heteroatoms. The molecule has 0 amide bonds. The highest BCUT2D eigenvalue weighted by Crippen LogP contribution is 2.26. The van der Waals surface area contributed by atoms with Crippen molar-refractivity contribution in [1.29, 1.82) is 0 Å². The molecule has 0 aromatic heterocycles. The Bertz CT molecular complexity index is 541. The van der Waals surface area contributed by atoms with E-state index in [-0.39, 0.29) is 16.9 Å². The first-order valence-electron chi connectivity index (χ1n) is 5.55. The van der Waals surface area contributed by atoms with E-state index < -0.39 is 32.6 Å². The molecule has 0 spiro atoms. The molecule has 0 radical (unpaired) electrons. The van der Waals surface area contributed by atoms with Crippen molar-refractivity contribution in [3.63, 3.8) is 0 Å². The predicted octanol–water partition coefficient (Wildman–Crippen LogP) is 1.99. The molecule has 0 bridgehead atoms. The molecular weight excluding hydrogens is 342 g/mol. The van der Waals surface area contributed by atoms with Crippen molar-refractivity contribution < 1.29 is 17.2 Å². The number of benzene rings is 1. The molecule has 0 fully saturated rings. The minimum Gasteiger partial charge on any atom is -0.326 e. The van der Waals surface area contributed by atoms with Crippen molar-refractivity contribution >= 4 is 26.0 Å². The van der Waals surface area contributed by atoms with E-state index in [2.05, 4.69) is 20.7 Å². The van der Waals surface area contributed by atoms with Crippen LogP contribution < -0.4 is 10.5 Å². The second kappa shape index (κ2) is 6.25. The van der Waals surface area contributed by atoms with E-state index >= 15 is 0 Å². The first-order chi connectivity index (χ1) is 8.65. The topological polar surface area (TPSA) is 72.2 Å². The molecule has 0 aliphatic rings. The lowest BCUT2D eigenvalue weighted by atomic mass is 10.1. The monoisotopic (exact) mass is 356 g/mol. The van der Waals surface area contributed by atoms with E-state index in [0.717, 1.165) is 6.07 Å². The van der Waals surface area contributed by atoms with E-state index in [1.807, 2.05) is 13.8 Å². The fraction of sp³-hybridized carbons (Fsp3) is 0.455. The zero-order valence-electron chi connectivity index (χ0n) is 10.5. The van der Waals surface area contributed by atoms with Crippen LogP contribution in [0.1, 0.15) is 13.8 Å². The number of nitrogens with two attached hydrogens (primary N) is 1. The molecule has 19 heavy (non-hydrogen) atoms. The van der Waals surface area contributed by atoms with Crippen molar-refractivity contribution in [2.75, 3.05) is 6.54 Å². The standard InChI is InChI=1S/C11H15BrF2N2O2S/c1-6(2)10(15)5-16-19(17,18)11-8(12)3-7(13)4-9(11)14/h3-4,6,10,16H,5,15H2,1-2H3. The third-order valence-electron chi connectivity index (χ3n) is 2.60. The van der Waals surface area contributed by atoms with Gasteiger partial charge in [-0.25, -0.2) is 21.9 Å². The van der Waals surface area contributed by atoms with Crippen LogP contribution >= 0.6 is 15.9 Å². The fourth-order valence-electron chi connectivity index (χ4n) is 1.30. The van der Waals surface area contributed by atoms with Gasteiger partial charge in [-0.3, -0.25) is 0 Å². The summed E-state index contributed by atoms with van der Waals surface area (Å²) in [6.45, 7) is 3.66. The van der Waals surface area contributed by atoms with Gasteiger partial charge in [-0.1, -0.05) is 13.8 Å². The van der Waals surface area contributed by atoms with Gasteiger partial charge in [0.05, 0.1) is 0 Å². The highest BCUT2D eigenvalue weighted by atomic mass is 79.9. The zero-order valence-corrected chi connectivity index (χ0v) is 12.9. The van der Waals surface area contributed by atoms with Gasteiger partial charge in [0, 0.05) is 23.1 Å². The SMILES string of the molecule is CC(C)C(N)CNS(=O)(=O)c1c(F)cc(F)cc1Br. The van der Waals surface area contributed by atoms with E-state index in [4.69, 9.17) is 5.73 Å². The number of halogens is 3. The lowest BCUT2D eigenvalue weighted by Crippen LogP contribution is -2.40. The van der Waals surface area contributed by atoms with Crippen LogP contribution in [0.25, 0.3) is 0 Å². The van der Waals surface area contributed by atoms with Crippen LogP contribution in [0, 0.1) is 17.6 Å². The number of rotatable bonds is 5. The first-order valence-corrected chi connectivity index (χ1v) is 7.82. The van der Waals surface area contributed by atoms with Gasteiger partial charge in [0.1, 0.15) is 16.5 Å². The summed E-state index contributed by atoms with van der Waals surface area (Å²) in [7, 11) is -4.09. The Morgan fingerprint density at radius 2 is 1.95 bits per heavy atom. The van der Waals surface area contributed by atoms with E-state index in [0.29, 0.717) is 6.07 Å². The largest absolute Gasteiger partial charge is 0.326 e. The minimum absolute atomic E-state index is 0.0245. The Kier molecular flexibility index (Phi) is 5.43. The molecule has 1 aromatic rings. The van der Waals surface area contributed by atoms with Crippen LogP contribution in [0.15, 0.2) is 21.5 Å². The van der Waals surface area contributed by atoms with Crippen molar-refractivity contribution in [2.24, 2.45) is 11.7 Å². The summed E-state index contributed by atoms with van der Waals surface area (Å²) in [4.78, 5) is -0.621. The molecule has 0 heterocycles. The normalized spacial score (nSPS) is 13.8. The summed E-state index contributed by atoms with van der Waals surface area (Å²) in [5.74, 6) is -1.94. The van der Waals surface area contributed by atoms with Gasteiger partial charge in [0.25, 0.3) is 0 Å². The Hall–Kier alpha value is -0.570. The van der Waals surface area contributed by atoms with Crippen LogP contribution in [-0.4, -0.2) is 21.0 Å². The summed E-state index contributed by atoms with van der Waals surface area (Å²) in [5, 5.41) is 0. The Balaban J connectivity index is 3.02. The van der Waals surface area contributed by atoms with Gasteiger partial charge in [-0.2, -0.15) is 0 Å². The highest BCUT2D eigenvalue weighted by molar-refractivity contribution is 9.10. The number of hydrogen-bond acceptors (Lipinski definition) is 3.